The summed E-state index contributed by atoms with van der Waals surface area (Å²) in [5.41, 5.74) is 5.87. The fourth-order valence-electron chi connectivity index (χ4n) is 1.95. The Balaban J connectivity index is 2.60. The molecular weight excluding hydrogens is 232 g/mol. The molecule has 1 nitrogen and oxygen atoms in total. The fourth-order valence-corrected chi connectivity index (χ4v) is 2.07. The molecule has 0 spiro atoms. The van der Waals surface area contributed by atoms with Gasteiger partial charge in [0.15, 0.2) is 0 Å². The smallest absolute Gasteiger partial charge is 0.134 e. The van der Waals surface area contributed by atoms with E-state index in [1.807, 2.05) is 6.07 Å². The van der Waals surface area contributed by atoms with Crippen molar-refractivity contribution >= 4 is 11.6 Å². The van der Waals surface area contributed by atoms with E-state index >= 15 is 0 Å². The molecule has 2 rings (SSSR count). The zero-order chi connectivity index (χ0) is 12.6. The van der Waals surface area contributed by atoms with E-state index in [0.717, 1.165) is 11.1 Å². The van der Waals surface area contributed by atoms with Gasteiger partial charge in [-0.25, -0.2) is 0 Å². The second kappa shape index (κ2) is 4.42. The van der Waals surface area contributed by atoms with E-state index in [9.17, 15) is 5.11 Å². The third-order valence-electron chi connectivity index (χ3n) is 3.10. The molecule has 0 aliphatic rings. The molecule has 0 saturated carbocycles. The number of benzene rings is 2. The predicted octanol–water partition coefficient (Wildman–Crippen LogP) is 4.64. The van der Waals surface area contributed by atoms with Gasteiger partial charge in [-0.2, -0.15) is 0 Å². The summed E-state index contributed by atoms with van der Waals surface area (Å²) in [7, 11) is 0. The van der Waals surface area contributed by atoms with Gasteiger partial charge in [-0.15, -0.1) is 0 Å². The van der Waals surface area contributed by atoms with E-state index < -0.39 is 0 Å². The Morgan fingerprint density at radius 2 is 1.53 bits per heavy atom. The molecule has 17 heavy (non-hydrogen) atoms. The lowest BCUT2D eigenvalue weighted by Crippen LogP contribution is -1.88. The fraction of sp³-hybridized carbons (Fsp3) is 0.200. The lowest BCUT2D eigenvalue weighted by atomic mass is 9.95. The number of hydrogen-bond donors (Lipinski definition) is 1. The Bertz CT molecular complexity index is 573. The molecule has 0 saturated heterocycles. The van der Waals surface area contributed by atoms with Crippen LogP contribution in [-0.4, -0.2) is 5.11 Å². The van der Waals surface area contributed by atoms with Crippen molar-refractivity contribution in [3.8, 4) is 16.9 Å². The molecule has 0 aliphatic heterocycles. The van der Waals surface area contributed by atoms with Crippen LogP contribution in [0.5, 0.6) is 5.75 Å². The first kappa shape index (κ1) is 12.0. The first-order valence-corrected chi connectivity index (χ1v) is 5.93. The molecule has 88 valence electrons. The highest BCUT2D eigenvalue weighted by Crippen LogP contribution is 2.32. The Hall–Kier alpha value is -1.47. The average molecular weight is 247 g/mol. The van der Waals surface area contributed by atoms with Crippen LogP contribution in [0.25, 0.3) is 11.1 Å². The standard InChI is InChI=1S/C15H15ClO/c1-9-6-11(3)13(7-10(9)2)12-4-5-14(16)15(17)8-12/h4-8,17H,1-3H3. The van der Waals surface area contributed by atoms with Crippen LogP contribution >= 0.6 is 11.6 Å². The van der Waals surface area contributed by atoms with Gasteiger partial charge in [-0.1, -0.05) is 29.8 Å². The maximum absolute atomic E-state index is 9.64. The van der Waals surface area contributed by atoms with Gasteiger partial charge in [0, 0.05) is 0 Å². The zero-order valence-electron chi connectivity index (χ0n) is 10.2. The zero-order valence-corrected chi connectivity index (χ0v) is 11.0. The van der Waals surface area contributed by atoms with Gasteiger partial charge in [0.2, 0.25) is 0 Å². The van der Waals surface area contributed by atoms with Gasteiger partial charge >= 0.3 is 0 Å². The van der Waals surface area contributed by atoms with Gasteiger partial charge in [-0.05, 0) is 60.7 Å². The van der Waals surface area contributed by atoms with Crippen LogP contribution in [0, 0.1) is 20.8 Å². The summed E-state index contributed by atoms with van der Waals surface area (Å²) in [6, 6.07) is 9.67. The Kier molecular flexibility index (Phi) is 3.12. The second-order valence-electron chi connectivity index (χ2n) is 4.42. The van der Waals surface area contributed by atoms with E-state index in [-0.39, 0.29) is 5.75 Å². The molecule has 0 unspecified atom stereocenters. The normalized spacial score (nSPS) is 10.6. The van der Waals surface area contributed by atoms with E-state index in [4.69, 9.17) is 11.6 Å². The second-order valence-corrected chi connectivity index (χ2v) is 4.82. The quantitative estimate of drug-likeness (QED) is 0.777. The number of hydrogen-bond acceptors (Lipinski definition) is 1. The molecule has 2 heteroatoms. The number of rotatable bonds is 1. The molecule has 0 heterocycles. The molecule has 2 aromatic carbocycles. The summed E-state index contributed by atoms with van der Waals surface area (Å²) < 4.78 is 0. The molecule has 0 radical (unpaired) electrons. The molecule has 0 bridgehead atoms. The molecular formula is C15H15ClO. The predicted molar refractivity (Wildman–Crippen MR) is 72.8 cm³/mol. The molecule has 1 N–H and O–H groups in total. The summed E-state index contributed by atoms with van der Waals surface area (Å²) in [6.07, 6.45) is 0. The van der Waals surface area contributed by atoms with Crippen molar-refractivity contribution < 1.29 is 5.11 Å². The SMILES string of the molecule is Cc1cc(C)c(-c2ccc(Cl)c(O)c2)cc1C. The highest BCUT2D eigenvalue weighted by Gasteiger charge is 2.07. The highest BCUT2D eigenvalue weighted by molar-refractivity contribution is 6.32. The summed E-state index contributed by atoms with van der Waals surface area (Å²) >= 11 is 5.81. The Morgan fingerprint density at radius 1 is 0.882 bits per heavy atom. The molecule has 2 aromatic rings. The van der Waals surface area contributed by atoms with Gasteiger partial charge in [-0.3, -0.25) is 0 Å². The summed E-state index contributed by atoms with van der Waals surface area (Å²) in [5.74, 6) is 0.127. The minimum Gasteiger partial charge on any atom is -0.506 e. The number of aromatic hydroxyl groups is 1. The maximum Gasteiger partial charge on any atom is 0.134 e. The van der Waals surface area contributed by atoms with Crippen molar-refractivity contribution in [2.24, 2.45) is 0 Å². The van der Waals surface area contributed by atoms with Gasteiger partial charge in [0.1, 0.15) is 5.75 Å². The molecule has 0 atom stereocenters. The van der Waals surface area contributed by atoms with Crippen LogP contribution in [0.2, 0.25) is 5.02 Å². The summed E-state index contributed by atoms with van der Waals surface area (Å²) in [5, 5.41) is 10.0. The monoisotopic (exact) mass is 246 g/mol. The number of aryl methyl sites for hydroxylation is 3. The lowest BCUT2D eigenvalue weighted by molar-refractivity contribution is 0.476. The van der Waals surface area contributed by atoms with Crippen LogP contribution in [-0.2, 0) is 0 Å². The summed E-state index contributed by atoms with van der Waals surface area (Å²) in [4.78, 5) is 0. The van der Waals surface area contributed by atoms with Gasteiger partial charge in [0.05, 0.1) is 5.02 Å². The third kappa shape index (κ3) is 2.29. The van der Waals surface area contributed by atoms with E-state index in [1.165, 1.54) is 16.7 Å². The average Bonchev–Trinajstić information content (AvgIpc) is 2.27. The molecule has 0 amide bonds. The van der Waals surface area contributed by atoms with Crippen molar-refractivity contribution in [3.05, 3.63) is 52.0 Å². The van der Waals surface area contributed by atoms with Crippen LogP contribution in [0.3, 0.4) is 0 Å². The Morgan fingerprint density at radius 3 is 2.18 bits per heavy atom. The van der Waals surface area contributed by atoms with Crippen molar-refractivity contribution in [1.29, 1.82) is 0 Å². The topological polar surface area (TPSA) is 20.2 Å². The molecule has 0 aliphatic carbocycles. The van der Waals surface area contributed by atoms with Crippen LogP contribution in [0.1, 0.15) is 16.7 Å². The largest absolute Gasteiger partial charge is 0.506 e. The third-order valence-corrected chi connectivity index (χ3v) is 3.42. The number of phenolic OH excluding ortho intramolecular Hbond substituents is 1. The highest BCUT2D eigenvalue weighted by atomic mass is 35.5. The molecule has 0 aromatic heterocycles. The van der Waals surface area contributed by atoms with Crippen LogP contribution < -0.4 is 0 Å². The lowest BCUT2D eigenvalue weighted by Gasteiger charge is -2.10. The Labute approximate surface area is 107 Å². The minimum atomic E-state index is 0.127. The van der Waals surface area contributed by atoms with Crippen LogP contribution in [0.4, 0.5) is 0 Å². The van der Waals surface area contributed by atoms with Gasteiger partial charge in [0.25, 0.3) is 0 Å². The van der Waals surface area contributed by atoms with E-state index in [1.54, 1.807) is 12.1 Å². The molecule has 0 fully saturated rings. The summed E-state index contributed by atoms with van der Waals surface area (Å²) in [6.45, 7) is 6.27. The first-order valence-electron chi connectivity index (χ1n) is 5.56. The van der Waals surface area contributed by atoms with Crippen molar-refractivity contribution in [1.82, 2.24) is 0 Å². The first-order chi connectivity index (χ1) is 7.99. The van der Waals surface area contributed by atoms with Crippen molar-refractivity contribution in [2.75, 3.05) is 0 Å². The van der Waals surface area contributed by atoms with Crippen molar-refractivity contribution in [3.63, 3.8) is 0 Å². The van der Waals surface area contributed by atoms with E-state index in [2.05, 4.69) is 32.9 Å². The van der Waals surface area contributed by atoms with Crippen LogP contribution in [0.15, 0.2) is 30.3 Å². The minimum absolute atomic E-state index is 0.127. The van der Waals surface area contributed by atoms with Gasteiger partial charge < -0.3 is 5.11 Å². The van der Waals surface area contributed by atoms with E-state index in [0.29, 0.717) is 5.02 Å². The van der Waals surface area contributed by atoms with Crippen molar-refractivity contribution in [2.45, 2.75) is 20.8 Å². The number of halogens is 1. The number of phenols is 1. The maximum atomic E-state index is 9.64.